The van der Waals surface area contributed by atoms with Gasteiger partial charge in [0.1, 0.15) is 22.9 Å². The zero-order valence-corrected chi connectivity index (χ0v) is 16.6. The van der Waals surface area contributed by atoms with Crippen LogP contribution in [0, 0.1) is 6.92 Å². The van der Waals surface area contributed by atoms with Crippen LogP contribution in [0.4, 0.5) is 5.82 Å². The van der Waals surface area contributed by atoms with Gasteiger partial charge in [0.25, 0.3) is 0 Å². The Labute approximate surface area is 165 Å². The summed E-state index contributed by atoms with van der Waals surface area (Å²) in [6, 6.07) is 12.3. The standard InChI is InChI=1S/C23H27N3O2/c1-3-21(27)28-19-12-8-7-11-18(19)22-23(24-17-9-5-4-6-10-17)26-14-13-16(2)15-20(26)25-22/h7-8,11-15,17,24H,3-6,9-10H2,1-2H3. The lowest BCUT2D eigenvalue weighted by atomic mass is 9.95. The number of hydrogen-bond acceptors (Lipinski definition) is 4. The summed E-state index contributed by atoms with van der Waals surface area (Å²) < 4.78 is 7.70. The third-order valence-corrected chi connectivity index (χ3v) is 5.38. The van der Waals surface area contributed by atoms with Crippen molar-refractivity contribution in [2.45, 2.75) is 58.4 Å². The Bertz CT molecular complexity index is 987. The van der Waals surface area contributed by atoms with Gasteiger partial charge >= 0.3 is 5.97 Å². The lowest BCUT2D eigenvalue weighted by molar-refractivity contribution is -0.133. The second kappa shape index (κ2) is 8.05. The number of pyridine rings is 1. The highest BCUT2D eigenvalue weighted by atomic mass is 16.5. The number of benzene rings is 1. The Morgan fingerprint density at radius 3 is 2.79 bits per heavy atom. The zero-order valence-electron chi connectivity index (χ0n) is 16.6. The fourth-order valence-electron chi connectivity index (χ4n) is 3.86. The van der Waals surface area contributed by atoms with Gasteiger partial charge in [0, 0.05) is 24.2 Å². The number of carbonyl (C=O) groups excluding carboxylic acids is 1. The molecular formula is C23H27N3O2. The van der Waals surface area contributed by atoms with Crippen molar-refractivity contribution in [2.24, 2.45) is 0 Å². The van der Waals surface area contributed by atoms with E-state index >= 15 is 0 Å². The van der Waals surface area contributed by atoms with E-state index in [9.17, 15) is 4.79 Å². The monoisotopic (exact) mass is 377 g/mol. The Kier molecular flexibility index (Phi) is 5.33. The molecule has 4 rings (SSSR count). The van der Waals surface area contributed by atoms with Crippen LogP contribution in [-0.2, 0) is 4.79 Å². The quantitative estimate of drug-likeness (QED) is 0.480. The van der Waals surface area contributed by atoms with Gasteiger partial charge in [-0.2, -0.15) is 0 Å². The van der Waals surface area contributed by atoms with Gasteiger partial charge in [0.15, 0.2) is 0 Å². The predicted molar refractivity (Wildman–Crippen MR) is 112 cm³/mol. The molecule has 0 spiro atoms. The van der Waals surface area contributed by atoms with Crippen molar-refractivity contribution >= 4 is 17.4 Å². The topological polar surface area (TPSA) is 55.6 Å². The Hall–Kier alpha value is -2.82. The minimum atomic E-state index is -0.242. The molecule has 2 aromatic heterocycles. The summed E-state index contributed by atoms with van der Waals surface area (Å²) in [5.74, 6) is 1.29. The van der Waals surface area contributed by atoms with E-state index in [1.165, 1.54) is 37.7 Å². The first-order valence-electron chi connectivity index (χ1n) is 10.2. The second-order valence-electron chi connectivity index (χ2n) is 7.54. The largest absolute Gasteiger partial charge is 0.426 e. The van der Waals surface area contributed by atoms with E-state index in [4.69, 9.17) is 9.72 Å². The molecule has 0 bridgehead atoms. The molecule has 1 aliphatic carbocycles. The SMILES string of the molecule is CCC(=O)Oc1ccccc1-c1nc2cc(C)ccn2c1NC1CCCCC1. The minimum Gasteiger partial charge on any atom is -0.426 e. The first-order chi connectivity index (χ1) is 13.7. The number of anilines is 1. The molecule has 146 valence electrons. The number of para-hydroxylation sites is 1. The van der Waals surface area contributed by atoms with Crippen LogP contribution in [0.5, 0.6) is 5.75 Å². The van der Waals surface area contributed by atoms with Gasteiger partial charge in [-0.1, -0.05) is 38.3 Å². The van der Waals surface area contributed by atoms with Crippen LogP contribution >= 0.6 is 0 Å². The lowest BCUT2D eigenvalue weighted by Gasteiger charge is -2.24. The fourth-order valence-corrected chi connectivity index (χ4v) is 3.86. The van der Waals surface area contributed by atoms with Gasteiger partial charge in [-0.15, -0.1) is 0 Å². The van der Waals surface area contributed by atoms with Gasteiger partial charge < -0.3 is 10.1 Å². The van der Waals surface area contributed by atoms with E-state index in [1.54, 1.807) is 6.92 Å². The van der Waals surface area contributed by atoms with Crippen LogP contribution in [0.15, 0.2) is 42.6 Å². The molecule has 3 aromatic rings. The fraction of sp³-hybridized carbons (Fsp3) is 0.391. The van der Waals surface area contributed by atoms with E-state index < -0.39 is 0 Å². The molecule has 0 radical (unpaired) electrons. The molecule has 1 saturated carbocycles. The highest BCUT2D eigenvalue weighted by Crippen LogP contribution is 2.36. The van der Waals surface area contributed by atoms with E-state index in [-0.39, 0.29) is 5.97 Å². The molecule has 5 nitrogen and oxygen atoms in total. The number of fused-ring (bicyclic) bond motifs is 1. The van der Waals surface area contributed by atoms with Crippen molar-refractivity contribution in [1.29, 1.82) is 0 Å². The van der Waals surface area contributed by atoms with Crippen LogP contribution in [-0.4, -0.2) is 21.4 Å². The summed E-state index contributed by atoms with van der Waals surface area (Å²) >= 11 is 0. The van der Waals surface area contributed by atoms with Crippen LogP contribution < -0.4 is 10.1 Å². The number of imidazole rings is 1. The predicted octanol–water partition coefficient (Wildman–Crippen LogP) is 5.37. The van der Waals surface area contributed by atoms with E-state index in [2.05, 4.69) is 35.0 Å². The molecule has 28 heavy (non-hydrogen) atoms. The minimum absolute atomic E-state index is 0.242. The number of ether oxygens (including phenoxy) is 1. The molecule has 1 aromatic carbocycles. The van der Waals surface area contributed by atoms with Crippen LogP contribution in [0.2, 0.25) is 0 Å². The molecule has 1 aliphatic rings. The molecule has 0 saturated heterocycles. The molecule has 0 unspecified atom stereocenters. The highest BCUT2D eigenvalue weighted by Gasteiger charge is 2.22. The van der Waals surface area contributed by atoms with E-state index in [0.717, 1.165) is 22.7 Å². The Morgan fingerprint density at radius 2 is 2.00 bits per heavy atom. The first kappa shape index (κ1) is 18.5. The number of rotatable bonds is 5. The summed E-state index contributed by atoms with van der Waals surface area (Å²) in [7, 11) is 0. The van der Waals surface area contributed by atoms with Gasteiger partial charge in [0.05, 0.1) is 0 Å². The number of nitrogens with one attached hydrogen (secondary N) is 1. The third-order valence-electron chi connectivity index (χ3n) is 5.38. The van der Waals surface area contributed by atoms with Crippen molar-refractivity contribution in [3.63, 3.8) is 0 Å². The molecule has 0 aliphatic heterocycles. The van der Waals surface area contributed by atoms with Gasteiger partial charge in [-0.3, -0.25) is 9.20 Å². The molecule has 0 amide bonds. The van der Waals surface area contributed by atoms with E-state index in [0.29, 0.717) is 18.2 Å². The third kappa shape index (κ3) is 3.75. The van der Waals surface area contributed by atoms with Crippen molar-refractivity contribution in [2.75, 3.05) is 5.32 Å². The number of nitrogens with zero attached hydrogens (tertiary/aromatic N) is 2. The number of aromatic nitrogens is 2. The number of esters is 1. The zero-order chi connectivity index (χ0) is 19.5. The molecule has 5 heteroatoms. The number of carbonyl (C=O) groups is 1. The summed E-state index contributed by atoms with van der Waals surface area (Å²) in [6.07, 6.45) is 8.57. The second-order valence-corrected chi connectivity index (χ2v) is 7.54. The van der Waals surface area contributed by atoms with Crippen LogP contribution in [0.25, 0.3) is 16.9 Å². The Balaban J connectivity index is 1.82. The molecule has 1 N–H and O–H groups in total. The highest BCUT2D eigenvalue weighted by molar-refractivity contribution is 5.83. The van der Waals surface area contributed by atoms with Crippen molar-refractivity contribution < 1.29 is 9.53 Å². The Morgan fingerprint density at radius 1 is 1.21 bits per heavy atom. The van der Waals surface area contributed by atoms with Gasteiger partial charge in [-0.25, -0.2) is 4.98 Å². The molecule has 1 fully saturated rings. The lowest BCUT2D eigenvalue weighted by Crippen LogP contribution is -2.23. The van der Waals surface area contributed by atoms with Crippen LogP contribution in [0.1, 0.15) is 51.0 Å². The molecular weight excluding hydrogens is 350 g/mol. The summed E-state index contributed by atoms with van der Waals surface area (Å²) in [5.41, 5.74) is 3.73. The van der Waals surface area contributed by atoms with Crippen molar-refractivity contribution in [3.05, 3.63) is 48.2 Å². The van der Waals surface area contributed by atoms with Crippen molar-refractivity contribution in [3.8, 4) is 17.0 Å². The average Bonchev–Trinajstić information content (AvgIpc) is 3.06. The van der Waals surface area contributed by atoms with Gasteiger partial charge in [-0.05, 0) is 49.6 Å². The smallest absolute Gasteiger partial charge is 0.310 e. The molecule has 2 heterocycles. The van der Waals surface area contributed by atoms with Crippen molar-refractivity contribution in [1.82, 2.24) is 9.38 Å². The maximum Gasteiger partial charge on any atom is 0.310 e. The summed E-state index contributed by atoms with van der Waals surface area (Å²) in [5, 5.41) is 3.74. The maximum atomic E-state index is 11.9. The molecule has 0 atom stereocenters. The normalized spacial score (nSPS) is 14.9. The van der Waals surface area contributed by atoms with E-state index in [1.807, 2.05) is 24.3 Å². The first-order valence-corrected chi connectivity index (χ1v) is 10.2. The van der Waals surface area contributed by atoms with Crippen LogP contribution in [0.3, 0.4) is 0 Å². The number of hydrogen-bond donors (Lipinski definition) is 1. The summed E-state index contributed by atoms with van der Waals surface area (Å²) in [6.45, 7) is 3.87. The number of aryl methyl sites for hydroxylation is 1. The van der Waals surface area contributed by atoms with Gasteiger partial charge in [0.2, 0.25) is 0 Å². The summed E-state index contributed by atoms with van der Waals surface area (Å²) in [4.78, 5) is 16.8. The maximum absolute atomic E-state index is 11.9. The average molecular weight is 377 g/mol.